The van der Waals surface area contributed by atoms with Crippen molar-refractivity contribution in [3.63, 3.8) is 0 Å². The summed E-state index contributed by atoms with van der Waals surface area (Å²) >= 11 is 0. The van der Waals surface area contributed by atoms with Crippen LogP contribution in [0.5, 0.6) is 5.88 Å². The molecule has 0 spiro atoms. The average molecular weight is 457 g/mol. The molecule has 11 heteroatoms. The van der Waals surface area contributed by atoms with Crippen LogP contribution < -0.4 is 15.8 Å². The van der Waals surface area contributed by atoms with Crippen LogP contribution in [0.15, 0.2) is 30.6 Å². The predicted octanol–water partition coefficient (Wildman–Crippen LogP) is 1.32. The maximum Gasteiger partial charge on any atom is 0.275 e. The van der Waals surface area contributed by atoms with Gasteiger partial charge < -0.3 is 15.8 Å². The van der Waals surface area contributed by atoms with Crippen molar-refractivity contribution in [1.82, 2.24) is 14.3 Å². The van der Waals surface area contributed by atoms with Gasteiger partial charge in [0.25, 0.3) is 5.91 Å². The number of rotatable bonds is 7. The number of hydrogen-bond donors (Lipinski definition) is 3. The number of hydrogen-bond acceptors (Lipinski definition) is 7. The summed E-state index contributed by atoms with van der Waals surface area (Å²) in [6, 6.07) is 5.45. The van der Waals surface area contributed by atoms with Gasteiger partial charge in [-0.15, -0.1) is 6.42 Å². The number of guanidine groups is 1. The monoisotopic (exact) mass is 456 g/mol. The van der Waals surface area contributed by atoms with Crippen molar-refractivity contribution in [2.75, 3.05) is 24.7 Å². The highest BCUT2D eigenvalue weighted by Crippen LogP contribution is 2.35. The number of ether oxygens (including phenoxy) is 1. The summed E-state index contributed by atoms with van der Waals surface area (Å²) in [5, 5.41) is 10.2. The number of terminal acetylenes is 1. The molecule has 0 bridgehead atoms. The summed E-state index contributed by atoms with van der Waals surface area (Å²) in [7, 11) is -2.47. The molecule has 168 valence electrons. The predicted molar refractivity (Wildman–Crippen MR) is 120 cm³/mol. The van der Waals surface area contributed by atoms with Gasteiger partial charge in [-0.2, -0.15) is 0 Å². The van der Waals surface area contributed by atoms with Gasteiger partial charge in [-0.05, 0) is 48.4 Å². The fourth-order valence-electron chi connectivity index (χ4n) is 3.48. The smallest absolute Gasteiger partial charge is 0.275 e. The van der Waals surface area contributed by atoms with Crippen molar-refractivity contribution in [2.24, 2.45) is 5.73 Å². The number of fused-ring (bicyclic) bond motifs is 1. The first kappa shape index (κ1) is 23.0. The quantitative estimate of drug-likeness (QED) is 0.323. The van der Waals surface area contributed by atoms with Crippen LogP contribution in [0.1, 0.15) is 40.4 Å². The molecule has 1 aromatic heterocycles. The maximum absolute atomic E-state index is 12.6. The van der Waals surface area contributed by atoms with E-state index < -0.39 is 21.9 Å². The minimum atomic E-state index is -3.74. The van der Waals surface area contributed by atoms with E-state index in [0.717, 1.165) is 28.3 Å². The van der Waals surface area contributed by atoms with E-state index in [2.05, 4.69) is 21.2 Å². The lowest BCUT2D eigenvalue weighted by molar-refractivity contribution is 0.102. The number of amides is 1. The Labute approximate surface area is 186 Å². The van der Waals surface area contributed by atoms with Crippen LogP contribution >= 0.6 is 0 Å². The van der Waals surface area contributed by atoms with Crippen molar-refractivity contribution in [1.29, 1.82) is 5.41 Å². The molecular formula is C21H24N6O4S. The minimum absolute atomic E-state index is 0.0500. The lowest BCUT2D eigenvalue weighted by Gasteiger charge is -2.28. The zero-order valence-electron chi connectivity index (χ0n) is 17.5. The van der Waals surface area contributed by atoms with Crippen molar-refractivity contribution in [2.45, 2.75) is 25.2 Å². The fraction of sp³-hybridized carbons (Fsp3) is 0.333. The molecule has 0 aliphatic heterocycles. The molecule has 1 heterocycles. The van der Waals surface area contributed by atoms with E-state index in [1.165, 1.54) is 19.4 Å². The summed E-state index contributed by atoms with van der Waals surface area (Å²) in [5.74, 6) is 1.10. The van der Waals surface area contributed by atoms with E-state index in [4.69, 9.17) is 22.3 Å². The number of carbonyl (C=O) groups excluding carboxylic acids is 1. The number of nitrogens with two attached hydrogens (primary N) is 1. The largest absolute Gasteiger partial charge is 0.463 e. The van der Waals surface area contributed by atoms with Crippen molar-refractivity contribution in [3.8, 4) is 18.2 Å². The molecule has 1 unspecified atom stereocenters. The SMILES string of the molecule is C#CCOc1cnc(C(=O)Nc2ccc3c(c2)C(CS(=O)(=O)N(C)C(=N)N)CCC3)cn1. The van der Waals surface area contributed by atoms with Gasteiger partial charge in [0, 0.05) is 12.7 Å². The molecule has 3 rings (SSSR count). The Morgan fingerprint density at radius 3 is 2.84 bits per heavy atom. The maximum atomic E-state index is 12.6. The number of nitrogens with zero attached hydrogens (tertiary/aromatic N) is 3. The first-order chi connectivity index (χ1) is 15.2. The van der Waals surface area contributed by atoms with Gasteiger partial charge in [0.15, 0.2) is 6.61 Å². The van der Waals surface area contributed by atoms with E-state index in [1.807, 2.05) is 6.07 Å². The molecule has 0 saturated carbocycles. The molecule has 4 N–H and O–H groups in total. The number of carbonyl (C=O) groups is 1. The van der Waals surface area contributed by atoms with Gasteiger partial charge >= 0.3 is 0 Å². The van der Waals surface area contributed by atoms with Crippen molar-refractivity contribution in [3.05, 3.63) is 47.4 Å². The van der Waals surface area contributed by atoms with Crippen LogP contribution in [0, 0.1) is 17.8 Å². The van der Waals surface area contributed by atoms with E-state index in [1.54, 1.807) is 12.1 Å². The molecule has 2 aromatic rings. The Morgan fingerprint density at radius 1 is 1.41 bits per heavy atom. The highest BCUT2D eigenvalue weighted by atomic mass is 32.2. The molecule has 0 saturated heterocycles. The third kappa shape index (κ3) is 5.33. The second-order valence-electron chi connectivity index (χ2n) is 7.32. The van der Waals surface area contributed by atoms with Crippen molar-refractivity contribution >= 4 is 27.6 Å². The second kappa shape index (κ2) is 9.65. The van der Waals surface area contributed by atoms with Gasteiger partial charge in [-0.1, -0.05) is 12.0 Å². The number of nitrogens with one attached hydrogen (secondary N) is 2. The molecule has 1 atom stereocenters. The average Bonchev–Trinajstić information content (AvgIpc) is 2.77. The Bertz CT molecular complexity index is 1160. The molecule has 1 aromatic carbocycles. The zero-order chi connectivity index (χ0) is 23.3. The van der Waals surface area contributed by atoms with Crippen LogP contribution in [0.25, 0.3) is 0 Å². The fourth-order valence-corrected chi connectivity index (χ4v) is 4.86. The van der Waals surface area contributed by atoms with E-state index in [0.29, 0.717) is 12.1 Å². The molecule has 1 aliphatic carbocycles. The van der Waals surface area contributed by atoms with Gasteiger partial charge in [0.05, 0.1) is 18.1 Å². The number of sulfonamides is 1. The lowest BCUT2D eigenvalue weighted by atomic mass is 9.83. The van der Waals surface area contributed by atoms with E-state index >= 15 is 0 Å². The molecule has 10 nitrogen and oxygen atoms in total. The first-order valence-corrected chi connectivity index (χ1v) is 11.5. The number of anilines is 1. The molecule has 0 fully saturated rings. The third-order valence-corrected chi connectivity index (χ3v) is 7.03. The van der Waals surface area contributed by atoms with Crippen LogP contribution in [-0.4, -0.2) is 54.0 Å². The van der Waals surface area contributed by atoms with E-state index in [9.17, 15) is 13.2 Å². The highest BCUT2D eigenvalue weighted by molar-refractivity contribution is 7.89. The van der Waals surface area contributed by atoms with Crippen molar-refractivity contribution < 1.29 is 17.9 Å². The van der Waals surface area contributed by atoms with Gasteiger partial charge in [0.1, 0.15) is 5.69 Å². The molecule has 32 heavy (non-hydrogen) atoms. The summed E-state index contributed by atoms with van der Waals surface area (Å²) in [5.41, 5.74) is 7.86. The Hall–Kier alpha value is -3.65. The number of benzene rings is 1. The van der Waals surface area contributed by atoms with Crippen LogP contribution in [0.3, 0.4) is 0 Å². The van der Waals surface area contributed by atoms with E-state index in [-0.39, 0.29) is 29.9 Å². The normalized spacial score (nSPS) is 15.2. The summed E-state index contributed by atoms with van der Waals surface area (Å²) < 4.78 is 31.1. The third-order valence-electron chi connectivity index (χ3n) is 5.17. The minimum Gasteiger partial charge on any atom is -0.463 e. The van der Waals surface area contributed by atoms with Gasteiger partial charge in [0.2, 0.25) is 21.9 Å². The van der Waals surface area contributed by atoms with Crippen LogP contribution in [-0.2, 0) is 16.4 Å². The zero-order valence-corrected chi connectivity index (χ0v) is 18.4. The number of aryl methyl sites for hydroxylation is 1. The number of aromatic nitrogens is 2. The summed E-state index contributed by atoms with van der Waals surface area (Å²) in [6.07, 6.45) is 10.1. The molecule has 1 amide bonds. The molecule has 1 aliphatic rings. The Balaban J connectivity index is 1.77. The molecule has 0 radical (unpaired) electrons. The summed E-state index contributed by atoms with van der Waals surface area (Å²) in [6.45, 7) is 0.0500. The standard InChI is InChI=1S/C21H24N6O4S/c1-3-9-31-19-12-24-18(11-25-19)20(28)26-16-8-7-14-5-4-6-15(17(14)10-16)13-32(29,30)27(2)21(22)23/h1,7-8,10-12,15H,4-6,9,13H2,2H3,(H3,22,23)(H,26,28). The van der Waals surface area contributed by atoms with Gasteiger partial charge in [-0.25, -0.2) is 22.7 Å². The van der Waals surface area contributed by atoms with Crippen LogP contribution in [0.4, 0.5) is 5.69 Å². The highest BCUT2D eigenvalue weighted by Gasteiger charge is 2.29. The second-order valence-corrected chi connectivity index (χ2v) is 9.37. The van der Waals surface area contributed by atoms with Gasteiger partial charge in [-0.3, -0.25) is 10.2 Å². The topological polar surface area (TPSA) is 151 Å². The first-order valence-electron chi connectivity index (χ1n) is 9.84. The lowest BCUT2D eigenvalue weighted by Crippen LogP contribution is -2.40. The molecular weight excluding hydrogens is 432 g/mol. The Morgan fingerprint density at radius 2 is 2.19 bits per heavy atom. The summed E-state index contributed by atoms with van der Waals surface area (Å²) in [4.78, 5) is 20.6. The Kier molecular flexibility index (Phi) is 6.95. The van der Waals surface area contributed by atoms with Crippen LogP contribution in [0.2, 0.25) is 0 Å².